The van der Waals surface area contributed by atoms with E-state index in [2.05, 4.69) is 16.2 Å². The largest absolute Gasteiger partial charge is 0.343 e. The number of aryl methyl sites for hydroxylation is 2. The van der Waals surface area contributed by atoms with Crippen LogP contribution in [0.15, 0.2) is 42.5 Å². The molecule has 2 rings (SSSR count). The molecule has 0 fully saturated rings. The Morgan fingerprint density at radius 1 is 0.840 bits per heavy atom. The molecule has 6 nitrogen and oxygen atoms in total. The predicted octanol–water partition coefficient (Wildman–Crippen LogP) is 2.15. The average molecular weight is 360 g/mol. The third kappa shape index (κ3) is 5.32. The number of carbonyl (C=O) groups excluding carboxylic acids is 3. The highest BCUT2D eigenvalue weighted by Gasteiger charge is 2.10. The SMILES string of the molecule is Cc1ccc(C(=O)NCC(=O)NNC(=O)c2ccc(Cl)cc2)cc1C. The maximum atomic E-state index is 12.0. The second kappa shape index (κ2) is 8.30. The normalized spacial score (nSPS) is 10.0. The maximum Gasteiger partial charge on any atom is 0.269 e. The Bertz CT molecular complexity index is 804. The van der Waals surface area contributed by atoms with Crippen LogP contribution in [-0.4, -0.2) is 24.3 Å². The minimum atomic E-state index is -0.542. The number of hydrazine groups is 1. The van der Waals surface area contributed by atoms with Crippen LogP contribution in [-0.2, 0) is 4.79 Å². The lowest BCUT2D eigenvalue weighted by Crippen LogP contribution is -2.46. The Labute approximate surface area is 150 Å². The van der Waals surface area contributed by atoms with E-state index < -0.39 is 11.8 Å². The van der Waals surface area contributed by atoms with E-state index in [1.807, 2.05) is 19.9 Å². The third-order valence-electron chi connectivity index (χ3n) is 3.60. The lowest BCUT2D eigenvalue weighted by molar-refractivity contribution is -0.120. The average Bonchev–Trinajstić information content (AvgIpc) is 2.60. The van der Waals surface area contributed by atoms with E-state index in [1.54, 1.807) is 24.3 Å². The smallest absolute Gasteiger partial charge is 0.269 e. The van der Waals surface area contributed by atoms with Gasteiger partial charge in [-0.3, -0.25) is 25.2 Å². The first-order valence-electron chi connectivity index (χ1n) is 7.57. The van der Waals surface area contributed by atoms with E-state index in [0.29, 0.717) is 16.1 Å². The van der Waals surface area contributed by atoms with E-state index >= 15 is 0 Å². The number of carbonyl (C=O) groups is 3. The van der Waals surface area contributed by atoms with Crippen molar-refractivity contribution in [1.29, 1.82) is 0 Å². The van der Waals surface area contributed by atoms with Gasteiger partial charge in [-0.2, -0.15) is 0 Å². The summed E-state index contributed by atoms with van der Waals surface area (Å²) in [6, 6.07) is 11.5. The van der Waals surface area contributed by atoms with Crippen LogP contribution >= 0.6 is 11.6 Å². The molecule has 0 radical (unpaired) electrons. The first-order valence-corrected chi connectivity index (χ1v) is 7.95. The van der Waals surface area contributed by atoms with E-state index in [9.17, 15) is 14.4 Å². The number of hydrogen-bond acceptors (Lipinski definition) is 3. The summed E-state index contributed by atoms with van der Waals surface area (Å²) >= 11 is 5.74. The van der Waals surface area contributed by atoms with Gasteiger partial charge in [0.2, 0.25) is 0 Å². The Morgan fingerprint density at radius 2 is 1.48 bits per heavy atom. The van der Waals surface area contributed by atoms with Gasteiger partial charge in [-0.15, -0.1) is 0 Å². The summed E-state index contributed by atoms with van der Waals surface area (Å²) < 4.78 is 0. The molecular weight excluding hydrogens is 342 g/mol. The molecular formula is C18H18ClN3O3. The topological polar surface area (TPSA) is 87.3 Å². The first kappa shape index (κ1) is 18.5. The van der Waals surface area contributed by atoms with Gasteiger partial charge in [0, 0.05) is 16.1 Å². The Morgan fingerprint density at radius 3 is 2.12 bits per heavy atom. The Balaban J connectivity index is 1.80. The summed E-state index contributed by atoms with van der Waals surface area (Å²) in [4.78, 5) is 35.6. The molecule has 0 spiro atoms. The minimum absolute atomic E-state index is 0.257. The predicted molar refractivity (Wildman–Crippen MR) is 95.3 cm³/mol. The molecule has 3 amide bonds. The standard InChI is InChI=1S/C18H18ClN3O3/c1-11-3-4-14(9-12(11)2)17(24)20-10-16(23)21-22-18(25)13-5-7-15(19)8-6-13/h3-9H,10H2,1-2H3,(H,20,24)(H,21,23)(H,22,25). The molecule has 0 atom stereocenters. The molecule has 130 valence electrons. The zero-order chi connectivity index (χ0) is 18.4. The van der Waals surface area contributed by atoms with E-state index in [0.717, 1.165) is 11.1 Å². The molecule has 0 saturated heterocycles. The zero-order valence-corrected chi connectivity index (χ0v) is 14.6. The fourth-order valence-corrected chi connectivity index (χ4v) is 2.12. The van der Waals surface area contributed by atoms with Crippen molar-refractivity contribution in [3.05, 3.63) is 69.7 Å². The number of nitrogens with one attached hydrogen (secondary N) is 3. The van der Waals surface area contributed by atoms with Gasteiger partial charge >= 0.3 is 0 Å². The van der Waals surface area contributed by atoms with Crippen LogP contribution in [0.4, 0.5) is 0 Å². The number of amides is 3. The second-order valence-electron chi connectivity index (χ2n) is 5.49. The van der Waals surface area contributed by atoms with Gasteiger partial charge in [0.25, 0.3) is 17.7 Å². The lowest BCUT2D eigenvalue weighted by atomic mass is 10.1. The van der Waals surface area contributed by atoms with E-state index in [-0.39, 0.29) is 12.5 Å². The summed E-state index contributed by atoms with van der Waals surface area (Å²) in [5.74, 6) is -1.38. The molecule has 25 heavy (non-hydrogen) atoms. The van der Waals surface area contributed by atoms with Gasteiger partial charge < -0.3 is 5.32 Å². The van der Waals surface area contributed by atoms with Crippen LogP contribution in [0.3, 0.4) is 0 Å². The Kier molecular flexibility index (Phi) is 6.14. The van der Waals surface area contributed by atoms with E-state index in [4.69, 9.17) is 11.6 Å². The summed E-state index contributed by atoms with van der Waals surface area (Å²) in [6.45, 7) is 3.60. The van der Waals surface area contributed by atoms with Gasteiger partial charge in [0.1, 0.15) is 0 Å². The monoisotopic (exact) mass is 359 g/mol. The lowest BCUT2D eigenvalue weighted by Gasteiger charge is -2.09. The van der Waals surface area contributed by atoms with Gasteiger partial charge in [-0.25, -0.2) is 0 Å². The summed E-state index contributed by atoms with van der Waals surface area (Å²) in [5, 5.41) is 3.01. The quantitative estimate of drug-likeness (QED) is 0.731. The van der Waals surface area contributed by atoms with Crippen molar-refractivity contribution in [1.82, 2.24) is 16.2 Å². The molecule has 2 aromatic carbocycles. The minimum Gasteiger partial charge on any atom is -0.343 e. The van der Waals surface area contributed by atoms with Crippen molar-refractivity contribution in [2.75, 3.05) is 6.54 Å². The molecule has 0 saturated carbocycles. The van der Waals surface area contributed by atoms with Gasteiger partial charge in [-0.1, -0.05) is 17.7 Å². The summed E-state index contributed by atoms with van der Waals surface area (Å²) in [7, 11) is 0. The van der Waals surface area contributed by atoms with Crippen molar-refractivity contribution in [2.45, 2.75) is 13.8 Å². The van der Waals surface area contributed by atoms with Crippen molar-refractivity contribution in [3.8, 4) is 0 Å². The third-order valence-corrected chi connectivity index (χ3v) is 3.85. The molecule has 0 aromatic heterocycles. The van der Waals surface area contributed by atoms with Crippen LogP contribution < -0.4 is 16.2 Å². The van der Waals surface area contributed by atoms with Crippen LogP contribution in [0, 0.1) is 13.8 Å². The first-order chi connectivity index (χ1) is 11.9. The fourth-order valence-electron chi connectivity index (χ4n) is 1.99. The van der Waals surface area contributed by atoms with Crippen LogP contribution in [0.5, 0.6) is 0 Å². The highest BCUT2D eigenvalue weighted by Crippen LogP contribution is 2.10. The molecule has 0 bridgehead atoms. The van der Waals surface area contributed by atoms with Crippen molar-refractivity contribution >= 4 is 29.3 Å². The molecule has 3 N–H and O–H groups in total. The zero-order valence-electron chi connectivity index (χ0n) is 13.9. The molecule has 0 unspecified atom stereocenters. The number of rotatable bonds is 4. The highest BCUT2D eigenvalue weighted by atomic mass is 35.5. The molecule has 0 aliphatic carbocycles. The summed E-state index contributed by atoms with van der Waals surface area (Å²) in [6.07, 6.45) is 0. The molecule has 0 heterocycles. The molecule has 7 heteroatoms. The van der Waals surface area contributed by atoms with E-state index in [1.165, 1.54) is 12.1 Å². The van der Waals surface area contributed by atoms with Gasteiger partial charge in [0.15, 0.2) is 0 Å². The van der Waals surface area contributed by atoms with Crippen LogP contribution in [0.1, 0.15) is 31.8 Å². The number of hydrogen-bond donors (Lipinski definition) is 3. The summed E-state index contributed by atoms with van der Waals surface area (Å²) in [5.41, 5.74) is 7.40. The van der Waals surface area contributed by atoms with Gasteiger partial charge in [-0.05, 0) is 61.4 Å². The highest BCUT2D eigenvalue weighted by molar-refractivity contribution is 6.30. The number of halogens is 1. The molecule has 0 aliphatic rings. The van der Waals surface area contributed by atoms with Crippen molar-refractivity contribution in [3.63, 3.8) is 0 Å². The number of benzene rings is 2. The van der Waals surface area contributed by atoms with Crippen LogP contribution in [0.25, 0.3) is 0 Å². The second-order valence-corrected chi connectivity index (χ2v) is 5.93. The van der Waals surface area contributed by atoms with Crippen molar-refractivity contribution < 1.29 is 14.4 Å². The fraction of sp³-hybridized carbons (Fsp3) is 0.167. The molecule has 2 aromatic rings. The van der Waals surface area contributed by atoms with Gasteiger partial charge in [0.05, 0.1) is 6.54 Å². The molecule has 0 aliphatic heterocycles. The maximum absolute atomic E-state index is 12.0. The van der Waals surface area contributed by atoms with Crippen LogP contribution in [0.2, 0.25) is 5.02 Å². The Hall–Kier alpha value is -2.86. The van der Waals surface area contributed by atoms with Crippen molar-refractivity contribution in [2.24, 2.45) is 0 Å².